The molecule has 0 amide bonds. The molecular weight excluding hydrogens is 304 g/mol. The second-order valence-electron chi connectivity index (χ2n) is 8.10. The van der Waals surface area contributed by atoms with Crippen LogP contribution in [0.1, 0.15) is 71.4 Å². The Kier molecular flexibility index (Phi) is 6.64. The van der Waals surface area contributed by atoms with Crippen LogP contribution in [0.4, 0.5) is 0 Å². The van der Waals surface area contributed by atoms with Gasteiger partial charge in [0.15, 0.2) is 0 Å². The molecule has 0 unspecified atom stereocenters. The van der Waals surface area contributed by atoms with Gasteiger partial charge in [-0.05, 0) is 75.7 Å². The van der Waals surface area contributed by atoms with Gasteiger partial charge in [-0.3, -0.25) is 5.01 Å². The second kappa shape index (κ2) is 8.51. The highest BCUT2D eigenvalue weighted by Gasteiger charge is 2.26. The molecule has 1 heterocycles. The average Bonchev–Trinajstić information content (AvgIpc) is 2.56. The van der Waals surface area contributed by atoms with Crippen molar-refractivity contribution >= 4 is 6.21 Å². The van der Waals surface area contributed by atoms with E-state index >= 15 is 0 Å². The summed E-state index contributed by atoms with van der Waals surface area (Å²) in [6.45, 7) is 15.2. The lowest BCUT2D eigenvalue weighted by Crippen LogP contribution is -2.38. The summed E-state index contributed by atoms with van der Waals surface area (Å²) in [6.07, 6.45) is 9.20. The maximum Gasteiger partial charge on any atom is 0.0560 e. The minimum atomic E-state index is -0.0337. The van der Waals surface area contributed by atoms with Gasteiger partial charge in [-0.2, -0.15) is 5.10 Å². The number of hydrogen-bond acceptors (Lipinski definition) is 2. The fourth-order valence-electron chi connectivity index (χ4n) is 3.20. The van der Waals surface area contributed by atoms with Crippen LogP contribution in [0, 0.1) is 0 Å². The van der Waals surface area contributed by atoms with E-state index in [0.29, 0.717) is 0 Å². The fraction of sp³-hybridized carbons (Fsp3) is 0.522. The molecular formula is C23H34N2. The standard InChI is InChI=1S/C23H34N2/c1-7-8-9-10-20-11-13-21(14-12-20)15-16-22-17-24-25(23(4,5)6)19(3)18(22)2/h11-14,17H,3,7-10,15-16H2,1-2,4-6H3. The van der Waals surface area contributed by atoms with Gasteiger partial charge in [0, 0.05) is 0 Å². The fourth-order valence-corrected chi connectivity index (χ4v) is 3.20. The van der Waals surface area contributed by atoms with Crippen LogP contribution in [0.2, 0.25) is 0 Å². The Morgan fingerprint density at radius 3 is 2.12 bits per heavy atom. The predicted molar refractivity (Wildman–Crippen MR) is 110 cm³/mol. The van der Waals surface area contributed by atoms with Crippen LogP contribution in [0.3, 0.4) is 0 Å². The predicted octanol–water partition coefficient (Wildman–Crippen LogP) is 6.28. The molecule has 0 aromatic heterocycles. The third-order valence-electron chi connectivity index (χ3n) is 4.91. The van der Waals surface area contributed by atoms with Crippen molar-refractivity contribution in [3.63, 3.8) is 0 Å². The summed E-state index contributed by atoms with van der Waals surface area (Å²) in [5, 5.41) is 6.66. The van der Waals surface area contributed by atoms with Gasteiger partial charge >= 0.3 is 0 Å². The topological polar surface area (TPSA) is 15.6 Å². The lowest BCUT2D eigenvalue weighted by Gasteiger charge is -2.37. The zero-order chi connectivity index (χ0) is 18.4. The molecule has 2 nitrogen and oxygen atoms in total. The van der Waals surface area contributed by atoms with E-state index in [2.05, 4.69) is 70.6 Å². The lowest BCUT2D eigenvalue weighted by molar-refractivity contribution is 0.197. The van der Waals surface area contributed by atoms with Gasteiger partial charge < -0.3 is 0 Å². The van der Waals surface area contributed by atoms with E-state index in [1.165, 1.54) is 48.0 Å². The van der Waals surface area contributed by atoms with Crippen LogP contribution in [0.5, 0.6) is 0 Å². The molecule has 0 saturated carbocycles. The van der Waals surface area contributed by atoms with Crippen molar-refractivity contribution in [2.24, 2.45) is 5.10 Å². The van der Waals surface area contributed by atoms with Crippen molar-refractivity contribution < 1.29 is 0 Å². The molecule has 0 fully saturated rings. The zero-order valence-corrected chi connectivity index (χ0v) is 16.7. The summed E-state index contributed by atoms with van der Waals surface area (Å²) in [5.74, 6) is 0. The van der Waals surface area contributed by atoms with Gasteiger partial charge in [0.05, 0.1) is 17.5 Å². The molecule has 0 N–H and O–H groups in total. The number of hydrazone groups is 1. The van der Waals surface area contributed by atoms with Crippen molar-refractivity contribution in [1.82, 2.24) is 5.01 Å². The molecule has 1 aromatic carbocycles. The molecule has 2 heteroatoms. The molecule has 0 spiro atoms. The van der Waals surface area contributed by atoms with Crippen LogP contribution in [0.25, 0.3) is 0 Å². The Morgan fingerprint density at radius 1 is 0.960 bits per heavy atom. The largest absolute Gasteiger partial charge is 0.261 e. The van der Waals surface area contributed by atoms with Crippen LogP contribution in [0.15, 0.2) is 52.8 Å². The Hall–Kier alpha value is -1.83. The van der Waals surface area contributed by atoms with Crippen molar-refractivity contribution in [2.75, 3.05) is 0 Å². The van der Waals surface area contributed by atoms with E-state index in [0.717, 1.165) is 18.5 Å². The van der Waals surface area contributed by atoms with Crippen molar-refractivity contribution in [3.8, 4) is 0 Å². The molecule has 0 atom stereocenters. The maximum absolute atomic E-state index is 4.63. The van der Waals surface area contributed by atoms with Crippen LogP contribution in [-0.2, 0) is 12.8 Å². The van der Waals surface area contributed by atoms with Crippen LogP contribution < -0.4 is 0 Å². The molecule has 1 aromatic rings. The SMILES string of the molecule is C=C1C(C)=C(CCc2ccc(CCCCC)cc2)C=NN1C(C)(C)C. The molecule has 0 bridgehead atoms. The summed E-state index contributed by atoms with van der Waals surface area (Å²) in [6, 6.07) is 9.16. The Morgan fingerprint density at radius 2 is 1.56 bits per heavy atom. The Labute approximate surface area is 154 Å². The van der Waals surface area contributed by atoms with E-state index in [-0.39, 0.29) is 5.54 Å². The maximum atomic E-state index is 4.63. The number of unbranched alkanes of at least 4 members (excludes halogenated alkanes) is 2. The van der Waals surface area contributed by atoms with Crippen LogP contribution >= 0.6 is 0 Å². The Bertz CT molecular complexity index is 642. The normalized spacial score (nSPS) is 15.2. The third kappa shape index (κ3) is 5.32. The smallest absolute Gasteiger partial charge is 0.0560 e. The van der Waals surface area contributed by atoms with E-state index < -0.39 is 0 Å². The van der Waals surface area contributed by atoms with E-state index in [1.807, 2.05) is 11.2 Å². The summed E-state index contributed by atoms with van der Waals surface area (Å²) >= 11 is 0. The number of rotatable bonds is 7. The first-order valence-corrected chi connectivity index (χ1v) is 9.64. The van der Waals surface area contributed by atoms with Gasteiger partial charge in [-0.15, -0.1) is 0 Å². The molecule has 136 valence electrons. The Balaban J connectivity index is 1.94. The zero-order valence-electron chi connectivity index (χ0n) is 16.7. The summed E-state index contributed by atoms with van der Waals surface area (Å²) in [7, 11) is 0. The first-order chi connectivity index (χ1) is 11.8. The lowest BCUT2D eigenvalue weighted by atomic mass is 9.96. The highest BCUT2D eigenvalue weighted by atomic mass is 15.5. The van der Waals surface area contributed by atoms with E-state index in [1.54, 1.807) is 0 Å². The first-order valence-electron chi connectivity index (χ1n) is 9.64. The van der Waals surface area contributed by atoms with E-state index in [4.69, 9.17) is 0 Å². The summed E-state index contributed by atoms with van der Waals surface area (Å²) in [4.78, 5) is 0. The quantitative estimate of drug-likeness (QED) is 0.534. The minimum absolute atomic E-state index is 0.0337. The van der Waals surface area contributed by atoms with Crippen molar-refractivity contribution in [1.29, 1.82) is 0 Å². The molecule has 0 radical (unpaired) electrons. The van der Waals surface area contributed by atoms with Gasteiger partial charge in [0.1, 0.15) is 0 Å². The number of allylic oxidation sites excluding steroid dienone is 2. The molecule has 0 saturated heterocycles. The van der Waals surface area contributed by atoms with Crippen molar-refractivity contribution in [2.45, 2.75) is 78.7 Å². The van der Waals surface area contributed by atoms with Gasteiger partial charge in [-0.25, -0.2) is 0 Å². The highest BCUT2D eigenvalue weighted by Crippen LogP contribution is 2.29. The summed E-state index contributed by atoms with van der Waals surface area (Å²) in [5.41, 5.74) is 6.42. The molecule has 2 rings (SSSR count). The van der Waals surface area contributed by atoms with E-state index in [9.17, 15) is 0 Å². The molecule has 1 aliphatic heterocycles. The van der Waals surface area contributed by atoms with Crippen LogP contribution in [-0.4, -0.2) is 16.8 Å². The molecule has 1 aliphatic rings. The summed E-state index contributed by atoms with van der Waals surface area (Å²) < 4.78 is 0. The monoisotopic (exact) mass is 338 g/mol. The second-order valence-corrected chi connectivity index (χ2v) is 8.10. The third-order valence-corrected chi connectivity index (χ3v) is 4.91. The van der Waals surface area contributed by atoms with Gasteiger partial charge in [0.2, 0.25) is 0 Å². The number of aryl methyl sites for hydroxylation is 2. The number of hydrogen-bond donors (Lipinski definition) is 0. The molecule has 0 aliphatic carbocycles. The van der Waals surface area contributed by atoms with Crippen molar-refractivity contribution in [3.05, 3.63) is 58.8 Å². The average molecular weight is 339 g/mol. The minimum Gasteiger partial charge on any atom is -0.261 e. The van der Waals surface area contributed by atoms with Gasteiger partial charge in [-0.1, -0.05) is 50.6 Å². The molecule has 25 heavy (non-hydrogen) atoms. The highest BCUT2D eigenvalue weighted by molar-refractivity contribution is 5.82. The van der Waals surface area contributed by atoms with Gasteiger partial charge in [0.25, 0.3) is 0 Å². The first kappa shape index (κ1) is 19.5. The number of nitrogens with zero attached hydrogens (tertiary/aromatic N) is 2. The number of benzene rings is 1.